The van der Waals surface area contributed by atoms with Crippen LogP contribution in [-0.4, -0.2) is 20.5 Å². The minimum absolute atomic E-state index is 0.140. The highest BCUT2D eigenvalue weighted by Crippen LogP contribution is 2.19. The lowest BCUT2D eigenvalue weighted by atomic mass is 10.1. The molecule has 0 fully saturated rings. The van der Waals surface area contributed by atoms with Crippen molar-refractivity contribution in [3.8, 4) is 11.4 Å². The standard InChI is InChI=1S/C19H14N4O/c24-19(20-16-6-2-1-3-7-16)15-11-9-14(10-12-15)18-22-21-17-8-4-5-13-23(17)18/h1-13H,(H,20,24). The predicted octanol–water partition coefficient (Wildman–Crippen LogP) is 3.65. The molecule has 0 spiro atoms. The molecule has 0 aliphatic carbocycles. The molecule has 0 radical (unpaired) electrons. The molecule has 1 N–H and O–H groups in total. The van der Waals surface area contributed by atoms with Crippen molar-refractivity contribution in [3.05, 3.63) is 84.6 Å². The third-order valence-corrected chi connectivity index (χ3v) is 3.75. The van der Waals surface area contributed by atoms with Crippen molar-refractivity contribution in [1.29, 1.82) is 0 Å². The smallest absolute Gasteiger partial charge is 0.255 e. The predicted molar refractivity (Wildman–Crippen MR) is 92.8 cm³/mol. The van der Waals surface area contributed by atoms with Crippen LogP contribution >= 0.6 is 0 Å². The van der Waals surface area contributed by atoms with Crippen molar-refractivity contribution in [2.45, 2.75) is 0 Å². The van der Waals surface area contributed by atoms with E-state index in [2.05, 4.69) is 15.5 Å². The zero-order valence-corrected chi connectivity index (χ0v) is 12.8. The van der Waals surface area contributed by atoms with Crippen molar-refractivity contribution in [1.82, 2.24) is 14.6 Å². The second-order valence-corrected chi connectivity index (χ2v) is 5.35. The first-order chi connectivity index (χ1) is 11.8. The molecule has 5 heteroatoms. The lowest BCUT2D eigenvalue weighted by molar-refractivity contribution is 0.102. The Morgan fingerprint density at radius 3 is 2.38 bits per heavy atom. The van der Waals surface area contributed by atoms with E-state index >= 15 is 0 Å². The van der Waals surface area contributed by atoms with Gasteiger partial charge in [-0.15, -0.1) is 10.2 Å². The van der Waals surface area contributed by atoms with Gasteiger partial charge in [-0.2, -0.15) is 0 Å². The number of aromatic nitrogens is 3. The van der Waals surface area contributed by atoms with Gasteiger partial charge in [-0.05, 0) is 36.4 Å². The van der Waals surface area contributed by atoms with E-state index in [4.69, 9.17) is 0 Å². The van der Waals surface area contributed by atoms with Gasteiger partial charge >= 0.3 is 0 Å². The number of hydrogen-bond acceptors (Lipinski definition) is 3. The van der Waals surface area contributed by atoms with Gasteiger partial charge < -0.3 is 5.32 Å². The Kier molecular flexibility index (Phi) is 3.51. The number of nitrogens with zero attached hydrogens (tertiary/aromatic N) is 3. The summed E-state index contributed by atoms with van der Waals surface area (Å²) in [5, 5.41) is 11.2. The summed E-state index contributed by atoms with van der Waals surface area (Å²) in [7, 11) is 0. The Balaban J connectivity index is 1.60. The zero-order valence-electron chi connectivity index (χ0n) is 12.8. The van der Waals surface area contributed by atoms with Crippen LogP contribution in [0, 0.1) is 0 Å². The van der Waals surface area contributed by atoms with Gasteiger partial charge in [0, 0.05) is 23.0 Å². The highest BCUT2D eigenvalue weighted by molar-refractivity contribution is 6.04. The summed E-state index contributed by atoms with van der Waals surface area (Å²) in [6.07, 6.45) is 1.92. The molecule has 0 bridgehead atoms. The molecule has 0 aliphatic rings. The monoisotopic (exact) mass is 314 g/mol. The van der Waals surface area contributed by atoms with E-state index in [1.54, 1.807) is 12.1 Å². The number of fused-ring (bicyclic) bond motifs is 1. The van der Waals surface area contributed by atoms with Crippen molar-refractivity contribution >= 4 is 17.2 Å². The average molecular weight is 314 g/mol. The summed E-state index contributed by atoms with van der Waals surface area (Å²) < 4.78 is 1.92. The number of pyridine rings is 1. The number of carbonyl (C=O) groups excluding carboxylic acids is 1. The summed E-state index contributed by atoms with van der Waals surface area (Å²) in [5.41, 5.74) is 3.06. The van der Waals surface area contributed by atoms with Gasteiger partial charge in [0.1, 0.15) is 0 Å². The number of para-hydroxylation sites is 1. The first kappa shape index (κ1) is 14.1. The lowest BCUT2D eigenvalue weighted by Gasteiger charge is -2.06. The van der Waals surface area contributed by atoms with E-state index in [1.807, 2.05) is 71.3 Å². The quantitative estimate of drug-likeness (QED) is 0.628. The molecule has 24 heavy (non-hydrogen) atoms. The summed E-state index contributed by atoms with van der Waals surface area (Å²) in [5.74, 6) is 0.611. The number of benzene rings is 2. The molecular weight excluding hydrogens is 300 g/mol. The van der Waals surface area contributed by atoms with E-state index in [0.29, 0.717) is 5.56 Å². The van der Waals surface area contributed by atoms with Gasteiger partial charge in [0.15, 0.2) is 11.5 Å². The normalized spacial score (nSPS) is 10.7. The van der Waals surface area contributed by atoms with E-state index in [0.717, 1.165) is 22.7 Å². The van der Waals surface area contributed by atoms with Crippen LogP contribution in [0.5, 0.6) is 0 Å². The minimum atomic E-state index is -0.140. The van der Waals surface area contributed by atoms with Crippen molar-refractivity contribution in [3.63, 3.8) is 0 Å². The summed E-state index contributed by atoms with van der Waals surface area (Å²) in [6.45, 7) is 0. The molecule has 4 aromatic rings. The zero-order chi connectivity index (χ0) is 16.4. The van der Waals surface area contributed by atoms with Crippen LogP contribution in [0.4, 0.5) is 5.69 Å². The fourth-order valence-corrected chi connectivity index (χ4v) is 2.53. The number of hydrogen-bond donors (Lipinski definition) is 1. The van der Waals surface area contributed by atoms with E-state index in [-0.39, 0.29) is 5.91 Å². The fourth-order valence-electron chi connectivity index (χ4n) is 2.53. The van der Waals surface area contributed by atoms with Gasteiger partial charge in [-0.25, -0.2) is 0 Å². The summed E-state index contributed by atoms with van der Waals surface area (Å²) >= 11 is 0. The van der Waals surface area contributed by atoms with Crippen LogP contribution in [0.15, 0.2) is 79.0 Å². The molecule has 0 aliphatic heterocycles. The third-order valence-electron chi connectivity index (χ3n) is 3.75. The maximum Gasteiger partial charge on any atom is 0.255 e. The summed E-state index contributed by atoms with van der Waals surface area (Å²) in [4.78, 5) is 12.3. The van der Waals surface area contributed by atoms with Gasteiger partial charge in [0.05, 0.1) is 0 Å². The van der Waals surface area contributed by atoms with Gasteiger partial charge in [0.25, 0.3) is 5.91 Å². The Morgan fingerprint density at radius 1 is 0.833 bits per heavy atom. The van der Waals surface area contributed by atoms with E-state index < -0.39 is 0 Å². The molecule has 0 unspecified atom stereocenters. The molecule has 4 rings (SSSR count). The largest absolute Gasteiger partial charge is 0.322 e. The molecule has 0 saturated carbocycles. The molecule has 0 atom stereocenters. The number of rotatable bonds is 3. The Labute approximate surface area is 138 Å². The minimum Gasteiger partial charge on any atom is -0.322 e. The second kappa shape index (κ2) is 5.96. The average Bonchev–Trinajstić information content (AvgIpc) is 3.07. The Hall–Kier alpha value is -3.47. The van der Waals surface area contributed by atoms with Crippen molar-refractivity contribution < 1.29 is 4.79 Å². The van der Waals surface area contributed by atoms with Crippen LogP contribution < -0.4 is 5.32 Å². The Morgan fingerprint density at radius 2 is 1.58 bits per heavy atom. The van der Waals surface area contributed by atoms with Crippen LogP contribution in [0.3, 0.4) is 0 Å². The molecule has 5 nitrogen and oxygen atoms in total. The van der Waals surface area contributed by atoms with Crippen LogP contribution in [0.2, 0.25) is 0 Å². The SMILES string of the molecule is O=C(Nc1ccccc1)c1ccc(-c2nnc3ccccn23)cc1. The molecule has 116 valence electrons. The highest BCUT2D eigenvalue weighted by atomic mass is 16.1. The maximum absolute atomic E-state index is 12.3. The van der Waals surface area contributed by atoms with E-state index in [9.17, 15) is 4.79 Å². The third kappa shape index (κ3) is 2.63. The number of amides is 1. The Bertz CT molecular complexity index is 991. The molecule has 2 heterocycles. The van der Waals surface area contributed by atoms with Gasteiger partial charge in [0.2, 0.25) is 0 Å². The molecular formula is C19H14N4O. The number of carbonyl (C=O) groups is 1. The highest BCUT2D eigenvalue weighted by Gasteiger charge is 2.10. The van der Waals surface area contributed by atoms with E-state index in [1.165, 1.54) is 0 Å². The molecule has 0 saturated heterocycles. The summed E-state index contributed by atoms with van der Waals surface area (Å²) in [6, 6.07) is 22.5. The first-order valence-electron chi connectivity index (χ1n) is 7.58. The number of nitrogens with one attached hydrogen (secondary N) is 1. The maximum atomic E-state index is 12.3. The van der Waals surface area contributed by atoms with Gasteiger partial charge in [-0.1, -0.05) is 36.4 Å². The molecule has 2 aromatic carbocycles. The van der Waals surface area contributed by atoms with Crippen molar-refractivity contribution in [2.24, 2.45) is 0 Å². The lowest BCUT2D eigenvalue weighted by Crippen LogP contribution is -2.11. The number of anilines is 1. The van der Waals surface area contributed by atoms with Crippen molar-refractivity contribution in [2.75, 3.05) is 5.32 Å². The van der Waals surface area contributed by atoms with Gasteiger partial charge in [-0.3, -0.25) is 9.20 Å². The fraction of sp³-hybridized carbons (Fsp3) is 0. The van der Waals surface area contributed by atoms with Crippen LogP contribution in [0.1, 0.15) is 10.4 Å². The van der Waals surface area contributed by atoms with Crippen LogP contribution in [-0.2, 0) is 0 Å². The first-order valence-corrected chi connectivity index (χ1v) is 7.58. The molecule has 1 amide bonds. The second-order valence-electron chi connectivity index (χ2n) is 5.35. The topological polar surface area (TPSA) is 59.3 Å². The molecule has 2 aromatic heterocycles. The van der Waals surface area contributed by atoms with Crippen LogP contribution in [0.25, 0.3) is 17.0 Å².